The SMILES string of the molecule is COc1cc(NC(C)CCCC(F)(F)F)cc(OC)c1. The first-order valence-corrected chi connectivity index (χ1v) is 6.40. The summed E-state index contributed by atoms with van der Waals surface area (Å²) in [7, 11) is 3.09. The van der Waals surface area contributed by atoms with Gasteiger partial charge in [-0.3, -0.25) is 0 Å². The maximum atomic E-state index is 12.1. The van der Waals surface area contributed by atoms with Gasteiger partial charge in [-0.05, 0) is 19.8 Å². The van der Waals surface area contributed by atoms with Crippen molar-refractivity contribution in [1.82, 2.24) is 0 Å². The molecule has 1 aromatic rings. The normalized spacial score (nSPS) is 12.9. The van der Waals surface area contributed by atoms with Gasteiger partial charge in [-0.25, -0.2) is 0 Å². The highest BCUT2D eigenvalue weighted by Gasteiger charge is 2.26. The summed E-state index contributed by atoms with van der Waals surface area (Å²) in [6.07, 6.45) is -4.28. The van der Waals surface area contributed by atoms with Crippen LogP contribution in [0, 0.1) is 0 Å². The first-order chi connectivity index (χ1) is 9.34. The number of hydrogen-bond donors (Lipinski definition) is 1. The van der Waals surface area contributed by atoms with Gasteiger partial charge in [0.15, 0.2) is 0 Å². The Labute approximate surface area is 117 Å². The Hall–Kier alpha value is -1.59. The largest absolute Gasteiger partial charge is 0.497 e. The minimum absolute atomic E-state index is 0.0610. The molecule has 0 saturated carbocycles. The zero-order valence-electron chi connectivity index (χ0n) is 11.9. The fourth-order valence-corrected chi connectivity index (χ4v) is 1.86. The van der Waals surface area contributed by atoms with Crippen LogP contribution in [0.25, 0.3) is 0 Å². The van der Waals surface area contributed by atoms with Gasteiger partial charge >= 0.3 is 6.18 Å². The molecule has 1 atom stereocenters. The number of anilines is 1. The number of benzene rings is 1. The number of ether oxygens (including phenoxy) is 2. The third-order valence-electron chi connectivity index (χ3n) is 2.86. The molecule has 0 bridgehead atoms. The molecule has 3 nitrogen and oxygen atoms in total. The molecule has 0 aliphatic carbocycles. The molecule has 0 spiro atoms. The van der Waals surface area contributed by atoms with Gasteiger partial charge in [-0.15, -0.1) is 0 Å². The van der Waals surface area contributed by atoms with Crippen LogP contribution in [0.1, 0.15) is 26.2 Å². The zero-order valence-corrected chi connectivity index (χ0v) is 11.9. The Morgan fingerprint density at radius 3 is 2.10 bits per heavy atom. The summed E-state index contributed by atoms with van der Waals surface area (Å²) in [5.74, 6) is 1.27. The molecule has 6 heteroatoms. The maximum absolute atomic E-state index is 12.1. The van der Waals surface area contributed by atoms with E-state index in [-0.39, 0.29) is 12.5 Å². The summed E-state index contributed by atoms with van der Waals surface area (Å²) < 4.78 is 46.5. The van der Waals surface area contributed by atoms with Gasteiger partial charge in [-0.1, -0.05) is 0 Å². The third kappa shape index (κ3) is 6.04. The first kappa shape index (κ1) is 16.5. The van der Waals surface area contributed by atoms with Gasteiger partial charge in [0.25, 0.3) is 0 Å². The average molecular weight is 291 g/mol. The Bertz CT molecular complexity index is 399. The Morgan fingerprint density at radius 1 is 1.10 bits per heavy atom. The second kappa shape index (κ2) is 7.26. The van der Waals surface area contributed by atoms with Crippen molar-refractivity contribution < 1.29 is 22.6 Å². The highest BCUT2D eigenvalue weighted by molar-refractivity contribution is 5.54. The molecule has 0 radical (unpaired) electrons. The van der Waals surface area contributed by atoms with Gasteiger partial charge in [-0.2, -0.15) is 13.2 Å². The number of nitrogens with one attached hydrogen (secondary N) is 1. The predicted octanol–water partition coefficient (Wildman–Crippen LogP) is 4.24. The van der Waals surface area contributed by atoms with Crippen LogP contribution in [-0.2, 0) is 0 Å². The van der Waals surface area contributed by atoms with Crippen molar-refractivity contribution in [2.24, 2.45) is 0 Å². The van der Waals surface area contributed by atoms with E-state index < -0.39 is 12.6 Å². The van der Waals surface area contributed by atoms with Crippen LogP contribution in [0.15, 0.2) is 18.2 Å². The molecule has 1 N–H and O–H groups in total. The van der Waals surface area contributed by atoms with E-state index in [1.54, 1.807) is 32.4 Å². The summed E-state index contributed by atoms with van der Waals surface area (Å²) in [4.78, 5) is 0. The monoisotopic (exact) mass is 291 g/mol. The smallest absolute Gasteiger partial charge is 0.389 e. The molecule has 0 amide bonds. The van der Waals surface area contributed by atoms with E-state index in [4.69, 9.17) is 9.47 Å². The molecule has 0 heterocycles. The van der Waals surface area contributed by atoms with E-state index in [2.05, 4.69) is 5.32 Å². The van der Waals surface area contributed by atoms with E-state index in [1.807, 2.05) is 6.92 Å². The van der Waals surface area contributed by atoms with E-state index in [9.17, 15) is 13.2 Å². The summed E-state index contributed by atoms with van der Waals surface area (Å²) in [5, 5.41) is 3.15. The molecule has 0 aliphatic rings. The Morgan fingerprint density at radius 2 is 1.65 bits per heavy atom. The van der Waals surface area contributed by atoms with E-state index in [0.717, 1.165) is 5.69 Å². The third-order valence-corrected chi connectivity index (χ3v) is 2.86. The minimum Gasteiger partial charge on any atom is -0.497 e. The lowest BCUT2D eigenvalue weighted by molar-refractivity contribution is -0.135. The molecule has 0 aliphatic heterocycles. The summed E-state index contributed by atoms with van der Waals surface area (Å²) in [5.41, 5.74) is 0.765. The standard InChI is InChI=1S/C14H20F3NO2/c1-10(5-4-6-14(15,16)17)18-11-7-12(19-2)9-13(8-11)20-3/h7-10,18H,4-6H2,1-3H3. The van der Waals surface area contributed by atoms with Crippen molar-refractivity contribution in [1.29, 1.82) is 0 Å². The Balaban J connectivity index is 2.54. The second-order valence-corrected chi connectivity index (χ2v) is 4.65. The minimum atomic E-state index is -4.08. The van der Waals surface area contributed by atoms with Gasteiger partial charge in [0.2, 0.25) is 0 Å². The lowest BCUT2D eigenvalue weighted by Gasteiger charge is -2.17. The van der Waals surface area contributed by atoms with E-state index >= 15 is 0 Å². The number of hydrogen-bond acceptors (Lipinski definition) is 3. The van der Waals surface area contributed by atoms with Crippen molar-refractivity contribution in [3.63, 3.8) is 0 Å². The fraction of sp³-hybridized carbons (Fsp3) is 0.571. The van der Waals surface area contributed by atoms with Crippen LogP contribution in [0.5, 0.6) is 11.5 Å². The Kier molecular flexibility index (Phi) is 5.98. The molecule has 1 aromatic carbocycles. The molecule has 1 unspecified atom stereocenters. The zero-order chi connectivity index (χ0) is 15.2. The molecule has 0 saturated heterocycles. The molecule has 1 rings (SSSR count). The van der Waals surface area contributed by atoms with Crippen LogP contribution in [0.4, 0.5) is 18.9 Å². The van der Waals surface area contributed by atoms with Crippen molar-refractivity contribution >= 4 is 5.69 Å². The first-order valence-electron chi connectivity index (χ1n) is 6.40. The lowest BCUT2D eigenvalue weighted by atomic mass is 10.1. The molecule has 114 valence electrons. The topological polar surface area (TPSA) is 30.5 Å². The van der Waals surface area contributed by atoms with Crippen LogP contribution in [-0.4, -0.2) is 26.4 Å². The lowest BCUT2D eigenvalue weighted by Crippen LogP contribution is -2.16. The van der Waals surface area contributed by atoms with Crippen molar-refractivity contribution in [3.8, 4) is 11.5 Å². The number of halogens is 3. The van der Waals surface area contributed by atoms with Crippen LogP contribution in [0.3, 0.4) is 0 Å². The summed E-state index contributed by atoms with van der Waals surface area (Å²) in [6.45, 7) is 1.85. The van der Waals surface area contributed by atoms with Crippen LogP contribution < -0.4 is 14.8 Å². The summed E-state index contributed by atoms with van der Waals surface area (Å²) in [6, 6.07) is 5.24. The van der Waals surface area contributed by atoms with E-state index in [0.29, 0.717) is 17.9 Å². The van der Waals surface area contributed by atoms with Crippen LogP contribution >= 0.6 is 0 Å². The number of alkyl halides is 3. The van der Waals surface area contributed by atoms with Gasteiger partial charge in [0.1, 0.15) is 11.5 Å². The van der Waals surface area contributed by atoms with Gasteiger partial charge in [0.05, 0.1) is 14.2 Å². The van der Waals surface area contributed by atoms with Crippen molar-refractivity contribution in [3.05, 3.63) is 18.2 Å². The van der Waals surface area contributed by atoms with Crippen LogP contribution in [0.2, 0.25) is 0 Å². The maximum Gasteiger partial charge on any atom is 0.389 e. The van der Waals surface area contributed by atoms with E-state index in [1.165, 1.54) is 0 Å². The van der Waals surface area contributed by atoms with Crippen molar-refractivity contribution in [2.45, 2.75) is 38.4 Å². The number of rotatable bonds is 7. The highest BCUT2D eigenvalue weighted by Crippen LogP contribution is 2.27. The molecule has 0 aromatic heterocycles. The second-order valence-electron chi connectivity index (χ2n) is 4.65. The van der Waals surface area contributed by atoms with Gasteiger partial charge in [0, 0.05) is 36.3 Å². The van der Waals surface area contributed by atoms with Crippen molar-refractivity contribution in [2.75, 3.05) is 19.5 Å². The molecule has 20 heavy (non-hydrogen) atoms. The average Bonchev–Trinajstić information content (AvgIpc) is 2.36. The highest BCUT2D eigenvalue weighted by atomic mass is 19.4. The number of methoxy groups -OCH3 is 2. The van der Waals surface area contributed by atoms with Gasteiger partial charge < -0.3 is 14.8 Å². The molecular weight excluding hydrogens is 271 g/mol. The molecule has 0 fully saturated rings. The summed E-state index contributed by atoms with van der Waals surface area (Å²) >= 11 is 0. The quantitative estimate of drug-likeness (QED) is 0.815. The predicted molar refractivity (Wildman–Crippen MR) is 72.5 cm³/mol. The molecular formula is C14H20F3NO2. The fourth-order valence-electron chi connectivity index (χ4n) is 1.86.